The third-order valence-corrected chi connectivity index (χ3v) is 7.01. The monoisotopic (exact) mass is 557 g/mol. The molecule has 4 rings (SSSR count). The van der Waals surface area contributed by atoms with E-state index in [1.807, 2.05) is 60.5 Å². The summed E-state index contributed by atoms with van der Waals surface area (Å²) in [4.78, 5) is 34.1. The van der Waals surface area contributed by atoms with Gasteiger partial charge >= 0.3 is 0 Å². The van der Waals surface area contributed by atoms with Crippen molar-refractivity contribution >= 4 is 22.7 Å². The number of hydrogen-bond acceptors (Lipinski definition) is 5. The molecule has 0 unspecified atom stereocenters. The summed E-state index contributed by atoms with van der Waals surface area (Å²) in [5, 5.41) is 1.15. The summed E-state index contributed by atoms with van der Waals surface area (Å²) in [7, 11) is 3.21. The molecule has 1 heterocycles. The number of fused-ring (bicyclic) bond motifs is 1. The van der Waals surface area contributed by atoms with Gasteiger partial charge in [-0.05, 0) is 73.4 Å². The summed E-state index contributed by atoms with van der Waals surface area (Å²) in [5.74, 6) is 1.15. The fraction of sp³-hybridized carbons (Fsp3) is 0.333. The number of methoxy groups -OCH3 is 2. The highest BCUT2D eigenvalue weighted by Gasteiger charge is 2.23. The topological polar surface area (TPSA) is 84.1 Å². The van der Waals surface area contributed by atoms with Crippen LogP contribution < -0.4 is 9.47 Å². The summed E-state index contributed by atoms with van der Waals surface area (Å²) in [6.07, 6.45) is 3.32. The Morgan fingerprint density at radius 2 is 1.59 bits per heavy atom. The van der Waals surface area contributed by atoms with E-state index < -0.39 is 0 Å². The Morgan fingerprint density at radius 1 is 0.854 bits per heavy atom. The number of ether oxygens (including phenoxy) is 3. The van der Waals surface area contributed by atoms with E-state index in [9.17, 15) is 9.59 Å². The van der Waals surface area contributed by atoms with Crippen LogP contribution in [0.4, 0.5) is 0 Å². The quantitative estimate of drug-likeness (QED) is 0.200. The van der Waals surface area contributed by atoms with Gasteiger partial charge in [0, 0.05) is 56.0 Å². The van der Waals surface area contributed by atoms with Crippen molar-refractivity contribution in [1.82, 2.24) is 14.8 Å². The number of rotatable bonds is 15. The number of H-pyrrole nitrogens is 1. The van der Waals surface area contributed by atoms with Crippen LogP contribution in [-0.2, 0) is 22.5 Å². The number of nitrogens with one attached hydrogen (secondary N) is 1. The first-order chi connectivity index (χ1) is 20.0. The molecule has 0 aliphatic rings. The number of para-hydroxylation sites is 1. The maximum absolute atomic E-state index is 13.9. The van der Waals surface area contributed by atoms with Crippen molar-refractivity contribution in [2.45, 2.75) is 26.3 Å². The second-order valence-electron chi connectivity index (χ2n) is 9.80. The average Bonchev–Trinajstić information content (AvgIpc) is 3.42. The lowest BCUT2D eigenvalue weighted by atomic mass is 10.1. The van der Waals surface area contributed by atoms with E-state index in [0.717, 1.165) is 27.8 Å². The Labute approximate surface area is 241 Å². The molecule has 2 amide bonds. The molecule has 0 radical (unpaired) electrons. The van der Waals surface area contributed by atoms with Crippen LogP contribution in [0.25, 0.3) is 10.9 Å². The van der Waals surface area contributed by atoms with Gasteiger partial charge in [-0.1, -0.05) is 30.3 Å². The zero-order valence-corrected chi connectivity index (χ0v) is 24.1. The van der Waals surface area contributed by atoms with Gasteiger partial charge in [0.05, 0.1) is 13.7 Å². The van der Waals surface area contributed by atoms with E-state index in [4.69, 9.17) is 14.2 Å². The lowest BCUT2D eigenvalue weighted by Crippen LogP contribution is -2.44. The largest absolute Gasteiger partial charge is 0.497 e. The Morgan fingerprint density at radius 3 is 2.29 bits per heavy atom. The van der Waals surface area contributed by atoms with Crippen molar-refractivity contribution in [2.24, 2.45) is 0 Å². The van der Waals surface area contributed by atoms with Gasteiger partial charge in [0.2, 0.25) is 5.91 Å². The second kappa shape index (κ2) is 14.9. The molecular formula is C33H39N3O5. The third kappa shape index (κ3) is 8.11. The number of carbonyl (C=O) groups excluding carboxylic acids is 2. The molecule has 0 bridgehead atoms. The Balaban J connectivity index is 1.54. The molecule has 8 nitrogen and oxygen atoms in total. The highest BCUT2D eigenvalue weighted by atomic mass is 16.5. The van der Waals surface area contributed by atoms with Crippen molar-refractivity contribution in [2.75, 3.05) is 47.1 Å². The van der Waals surface area contributed by atoms with Crippen LogP contribution >= 0.6 is 0 Å². The molecular weight excluding hydrogens is 518 g/mol. The minimum absolute atomic E-state index is 0.0283. The predicted octanol–water partition coefficient (Wildman–Crippen LogP) is 5.33. The molecule has 216 valence electrons. The van der Waals surface area contributed by atoms with E-state index >= 15 is 0 Å². The van der Waals surface area contributed by atoms with Crippen LogP contribution in [0.3, 0.4) is 0 Å². The molecule has 0 aliphatic carbocycles. The van der Waals surface area contributed by atoms with Crippen LogP contribution in [0.15, 0.2) is 79.0 Å². The Hall–Kier alpha value is -4.30. The Bertz CT molecular complexity index is 1400. The number of amides is 2. The fourth-order valence-electron chi connectivity index (χ4n) is 4.80. The molecule has 0 atom stereocenters. The van der Waals surface area contributed by atoms with Crippen LogP contribution in [0.2, 0.25) is 0 Å². The fourth-order valence-corrected chi connectivity index (χ4v) is 4.80. The van der Waals surface area contributed by atoms with Gasteiger partial charge in [-0.3, -0.25) is 9.59 Å². The molecule has 1 N–H and O–H groups in total. The number of nitrogens with zero attached hydrogens (tertiary/aromatic N) is 2. The molecule has 1 aromatic heterocycles. The molecule has 0 fully saturated rings. The first-order valence-corrected chi connectivity index (χ1v) is 14.0. The van der Waals surface area contributed by atoms with Crippen LogP contribution in [0.5, 0.6) is 11.5 Å². The molecule has 0 spiro atoms. The minimum atomic E-state index is -0.199. The van der Waals surface area contributed by atoms with Crippen molar-refractivity contribution in [3.8, 4) is 11.5 Å². The summed E-state index contributed by atoms with van der Waals surface area (Å²) in [6, 6.07) is 22.9. The number of aromatic nitrogens is 1. The lowest BCUT2D eigenvalue weighted by molar-refractivity contribution is -0.132. The zero-order valence-electron chi connectivity index (χ0n) is 24.1. The summed E-state index contributed by atoms with van der Waals surface area (Å²) in [6.45, 7) is 4.35. The summed E-state index contributed by atoms with van der Waals surface area (Å²) >= 11 is 0. The highest BCUT2D eigenvalue weighted by molar-refractivity contribution is 5.96. The molecule has 0 aliphatic heterocycles. The molecule has 0 saturated heterocycles. The number of benzene rings is 3. The number of carbonyl (C=O) groups is 2. The first kappa shape index (κ1) is 29.7. The van der Waals surface area contributed by atoms with E-state index in [1.165, 1.54) is 0 Å². The van der Waals surface area contributed by atoms with E-state index in [1.54, 1.807) is 43.4 Å². The molecule has 4 aromatic rings. The third-order valence-electron chi connectivity index (χ3n) is 7.01. The van der Waals surface area contributed by atoms with Crippen molar-refractivity contribution in [1.29, 1.82) is 0 Å². The van der Waals surface area contributed by atoms with Crippen LogP contribution in [-0.4, -0.2) is 73.7 Å². The van der Waals surface area contributed by atoms with Gasteiger partial charge in [0.15, 0.2) is 0 Å². The standard InChI is InChI=1S/C33H39N3O5/c1-4-41-29-14-10-25(11-15-29)23-35(20-18-27-22-34-31-9-6-5-8-30(27)31)32(37)24-36(19-7-21-39-2)33(38)26-12-16-28(40-3)17-13-26/h5-6,8-17,22,34H,4,7,18-21,23-24H2,1-3H3. The summed E-state index contributed by atoms with van der Waals surface area (Å²) < 4.78 is 16.0. The average molecular weight is 558 g/mol. The van der Waals surface area contributed by atoms with E-state index in [0.29, 0.717) is 57.0 Å². The van der Waals surface area contributed by atoms with Crippen molar-refractivity contribution in [3.63, 3.8) is 0 Å². The smallest absolute Gasteiger partial charge is 0.254 e. The van der Waals surface area contributed by atoms with Gasteiger partial charge in [-0.15, -0.1) is 0 Å². The summed E-state index contributed by atoms with van der Waals surface area (Å²) in [5.41, 5.74) is 3.72. The SMILES string of the molecule is CCOc1ccc(CN(CCc2c[nH]c3ccccc23)C(=O)CN(CCCOC)C(=O)c2ccc(OC)cc2)cc1. The van der Waals surface area contributed by atoms with Gasteiger partial charge in [-0.2, -0.15) is 0 Å². The van der Waals surface area contributed by atoms with Crippen LogP contribution in [0.1, 0.15) is 34.8 Å². The molecule has 0 saturated carbocycles. The lowest BCUT2D eigenvalue weighted by Gasteiger charge is -2.28. The first-order valence-electron chi connectivity index (χ1n) is 14.0. The minimum Gasteiger partial charge on any atom is -0.497 e. The number of aromatic amines is 1. The zero-order chi connectivity index (χ0) is 29.0. The second-order valence-corrected chi connectivity index (χ2v) is 9.80. The molecule has 41 heavy (non-hydrogen) atoms. The van der Waals surface area contributed by atoms with Crippen molar-refractivity contribution < 1.29 is 23.8 Å². The highest BCUT2D eigenvalue weighted by Crippen LogP contribution is 2.20. The van der Waals surface area contributed by atoms with E-state index in [2.05, 4.69) is 11.1 Å². The van der Waals surface area contributed by atoms with Gasteiger partial charge in [-0.25, -0.2) is 0 Å². The van der Waals surface area contributed by atoms with Crippen molar-refractivity contribution in [3.05, 3.63) is 95.7 Å². The predicted molar refractivity (Wildman–Crippen MR) is 160 cm³/mol. The van der Waals surface area contributed by atoms with E-state index in [-0.39, 0.29) is 18.4 Å². The molecule has 3 aromatic carbocycles. The Kier molecular flexibility index (Phi) is 10.8. The maximum atomic E-state index is 13.9. The maximum Gasteiger partial charge on any atom is 0.254 e. The molecule has 8 heteroatoms. The normalized spacial score (nSPS) is 10.9. The van der Waals surface area contributed by atoms with Gasteiger partial charge < -0.3 is 29.0 Å². The van der Waals surface area contributed by atoms with Crippen LogP contribution in [0, 0.1) is 0 Å². The van der Waals surface area contributed by atoms with Gasteiger partial charge in [0.25, 0.3) is 5.91 Å². The number of hydrogen-bond donors (Lipinski definition) is 1. The van der Waals surface area contributed by atoms with Gasteiger partial charge in [0.1, 0.15) is 18.0 Å².